The lowest BCUT2D eigenvalue weighted by molar-refractivity contribution is -0.140. The minimum absolute atomic E-state index is 0.114. The number of likely N-dealkylation sites (tertiary alicyclic amines) is 1. The van der Waals surface area contributed by atoms with Gasteiger partial charge in [-0.25, -0.2) is 0 Å². The monoisotopic (exact) mass is 454 g/mol. The molecular weight excluding hydrogens is 428 g/mol. The third kappa shape index (κ3) is 4.58. The van der Waals surface area contributed by atoms with Gasteiger partial charge in [-0.05, 0) is 41.8 Å². The number of hydrogen-bond acceptors (Lipinski definition) is 5. The van der Waals surface area contributed by atoms with E-state index < -0.39 is 17.7 Å². The topological polar surface area (TPSA) is 70.1 Å². The molecule has 2 aromatic carbocycles. The molecule has 0 aromatic heterocycles. The predicted molar refractivity (Wildman–Crippen MR) is 124 cm³/mol. The Balaban J connectivity index is 1.72. The van der Waals surface area contributed by atoms with Gasteiger partial charge in [-0.3, -0.25) is 14.5 Å². The van der Waals surface area contributed by atoms with Crippen LogP contribution in [0, 0.1) is 0 Å². The van der Waals surface area contributed by atoms with E-state index in [0.29, 0.717) is 36.9 Å². The van der Waals surface area contributed by atoms with Crippen molar-refractivity contribution in [1.82, 2.24) is 9.80 Å². The molecule has 168 valence electrons. The van der Waals surface area contributed by atoms with Crippen molar-refractivity contribution in [3.05, 3.63) is 75.8 Å². The van der Waals surface area contributed by atoms with Crippen LogP contribution in [0.25, 0.3) is 5.76 Å². The number of ether oxygens (including phenoxy) is 1. The van der Waals surface area contributed by atoms with E-state index in [0.717, 1.165) is 30.6 Å². The Kier molecular flexibility index (Phi) is 6.94. The van der Waals surface area contributed by atoms with Crippen LogP contribution in [0.4, 0.5) is 0 Å². The number of aryl methyl sites for hydroxylation is 1. The van der Waals surface area contributed by atoms with Crippen LogP contribution in [0.15, 0.2) is 54.1 Å². The smallest absolute Gasteiger partial charge is 0.295 e. The molecule has 1 atom stereocenters. The number of nitrogens with zero attached hydrogens (tertiary/aromatic N) is 2. The van der Waals surface area contributed by atoms with Crippen molar-refractivity contribution in [2.45, 2.75) is 19.4 Å². The highest BCUT2D eigenvalue weighted by atomic mass is 35.5. The Labute approximate surface area is 193 Å². The predicted octanol–water partition coefficient (Wildman–Crippen LogP) is 3.66. The van der Waals surface area contributed by atoms with Crippen LogP contribution in [0.2, 0.25) is 5.02 Å². The molecule has 2 aromatic rings. The Morgan fingerprint density at radius 2 is 1.69 bits per heavy atom. The average molecular weight is 455 g/mol. The number of aliphatic hydroxyl groups excluding tert-OH is 1. The van der Waals surface area contributed by atoms with Crippen molar-refractivity contribution in [3.8, 4) is 0 Å². The number of benzene rings is 2. The molecule has 2 aliphatic heterocycles. The van der Waals surface area contributed by atoms with E-state index >= 15 is 0 Å². The summed E-state index contributed by atoms with van der Waals surface area (Å²) in [5.41, 5.74) is 2.54. The molecule has 0 aliphatic carbocycles. The minimum atomic E-state index is -0.663. The van der Waals surface area contributed by atoms with Gasteiger partial charge in [0, 0.05) is 36.8 Å². The largest absolute Gasteiger partial charge is 0.507 e. The molecule has 2 saturated heterocycles. The van der Waals surface area contributed by atoms with Gasteiger partial charge in [0.15, 0.2) is 0 Å². The summed E-state index contributed by atoms with van der Waals surface area (Å²) < 4.78 is 5.40. The van der Waals surface area contributed by atoms with Crippen LogP contribution < -0.4 is 0 Å². The fraction of sp³-hybridized carbons (Fsp3) is 0.360. The van der Waals surface area contributed by atoms with E-state index in [9.17, 15) is 14.7 Å². The number of halogens is 1. The van der Waals surface area contributed by atoms with Gasteiger partial charge in [0.25, 0.3) is 11.7 Å². The summed E-state index contributed by atoms with van der Waals surface area (Å²) >= 11 is 5.98. The molecular formula is C25H27ClN2O4. The van der Waals surface area contributed by atoms with Gasteiger partial charge in [0.05, 0.1) is 24.8 Å². The summed E-state index contributed by atoms with van der Waals surface area (Å²) in [6.45, 7) is 6.02. The second-order valence-electron chi connectivity index (χ2n) is 8.05. The first-order chi connectivity index (χ1) is 15.5. The van der Waals surface area contributed by atoms with Crippen molar-refractivity contribution in [2.75, 3.05) is 39.4 Å². The molecule has 4 rings (SSSR count). The molecule has 1 N–H and O–H groups in total. The van der Waals surface area contributed by atoms with E-state index in [-0.39, 0.29) is 11.3 Å². The number of aliphatic hydroxyl groups is 1. The first kappa shape index (κ1) is 22.5. The van der Waals surface area contributed by atoms with Crippen molar-refractivity contribution < 1.29 is 19.4 Å². The summed E-state index contributed by atoms with van der Waals surface area (Å²) in [7, 11) is 0. The van der Waals surface area contributed by atoms with Gasteiger partial charge in [-0.15, -0.1) is 0 Å². The maximum absolute atomic E-state index is 13.1. The molecule has 0 bridgehead atoms. The molecule has 0 saturated carbocycles. The van der Waals surface area contributed by atoms with Gasteiger partial charge in [-0.1, -0.05) is 42.8 Å². The normalized spacial score (nSPS) is 21.3. The summed E-state index contributed by atoms with van der Waals surface area (Å²) in [5, 5.41) is 11.6. The third-order valence-electron chi connectivity index (χ3n) is 6.12. The maximum atomic E-state index is 13.1. The molecule has 2 aliphatic rings. The van der Waals surface area contributed by atoms with Crippen molar-refractivity contribution >= 4 is 29.1 Å². The fourth-order valence-corrected chi connectivity index (χ4v) is 4.36. The number of Topliss-reactive ketones (excluding diaryl/α,β-unsaturated/α-hetero) is 1. The quantitative estimate of drug-likeness (QED) is 0.410. The van der Waals surface area contributed by atoms with Crippen LogP contribution in [0.1, 0.15) is 29.7 Å². The molecule has 7 heteroatoms. The number of rotatable bonds is 6. The van der Waals surface area contributed by atoms with Crippen molar-refractivity contribution in [2.24, 2.45) is 0 Å². The van der Waals surface area contributed by atoms with Crippen LogP contribution in [0.3, 0.4) is 0 Å². The lowest BCUT2D eigenvalue weighted by Gasteiger charge is -2.31. The lowest BCUT2D eigenvalue weighted by atomic mass is 9.94. The van der Waals surface area contributed by atoms with Crippen LogP contribution >= 0.6 is 11.6 Å². The molecule has 2 fully saturated rings. The first-order valence-electron chi connectivity index (χ1n) is 10.9. The molecule has 6 nitrogen and oxygen atoms in total. The highest BCUT2D eigenvalue weighted by molar-refractivity contribution is 6.46. The molecule has 0 radical (unpaired) electrons. The summed E-state index contributed by atoms with van der Waals surface area (Å²) in [6.07, 6.45) is 0.891. The summed E-state index contributed by atoms with van der Waals surface area (Å²) in [5.74, 6) is -1.43. The number of carbonyl (C=O) groups is 2. The molecule has 2 heterocycles. The highest BCUT2D eigenvalue weighted by Gasteiger charge is 2.46. The number of ketones is 1. The average Bonchev–Trinajstić information content (AvgIpc) is 3.08. The van der Waals surface area contributed by atoms with Crippen molar-refractivity contribution in [3.63, 3.8) is 0 Å². The zero-order valence-corrected chi connectivity index (χ0v) is 18.8. The first-order valence-corrected chi connectivity index (χ1v) is 11.3. The Morgan fingerprint density at radius 3 is 2.31 bits per heavy atom. The Bertz CT molecular complexity index is 1010. The van der Waals surface area contributed by atoms with E-state index in [2.05, 4.69) is 11.8 Å². The van der Waals surface area contributed by atoms with Gasteiger partial charge in [0.1, 0.15) is 5.76 Å². The van der Waals surface area contributed by atoms with Gasteiger partial charge < -0.3 is 14.7 Å². The van der Waals surface area contributed by atoms with Crippen LogP contribution in [0.5, 0.6) is 0 Å². The zero-order chi connectivity index (χ0) is 22.7. The fourth-order valence-electron chi connectivity index (χ4n) is 4.23. The van der Waals surface area contributed by atoms with E-state index in [4.69, 9.17) is 16.3 Å². The molecule has 1 amide bonds. The molecule has 32 heavy (non-hydrogen) atoms. The second kappa shape index (κ2) is 9.86. The summed E-state index contributed by atoms with van der Waals surface area (Å²) in [4.78, 5) is 29.9. The van der Waals surface area contributed by atoms with Gasteiger partial charge in [0.2, 0.25) is 0 Å². The van der Waals surface area contributed by atoms with E-state index in [1.807, 2.05) is 24.3 Å². The highest BCUT2D eigenvalue weighted by Crippen LogP contribution is 2.39. The van der Waals surface area contributed by atoms with Crippen LogP contribution in [-0.2, 0) is 20.7 Å². The summed E-state index contributed by atoms with van der Waals surface area (Å²) in [6, 6.07) is 13.8. The maximum Gasteiger partial charge on any atom is 0.295 e. The molecule has 0 unspecified atom stereocenters. The van der Waals surface area contributed by atoms with Gasteiger partial charge in [-0.2, -0.15) is 0 Å². The Hall–Kier alpha value is -2.67. The SMILES string of the molecule is CCc1ccc([C@@H]2C(=C(O)c3ccc(Cl)cc3)C(=O)C(=O)N2CCN2CCOCC2)cc1. The third-order valence-corrected chi connectivity index (χ3v) is 6.37. The zero-order valence-electron chi connectivity index (χ0n) is 18.1. The standard InChI is InChI=1S/C25H27ClN2O4/c1-2-17-3-5-18(6-4-17)22-21(23(29)19-7-9-20(26)10-8-19)24(30)25(31)28(22)12-11-27-13-15-32-16-14-27/h3-10,22,29H,2,11-16H2,1H3/t22-/m1/s1. The number of hydrogen-bond donors (Lipinski definition) is 1. The lowest BCUT2D eigenvalue weighted by Crippen LogP contribution is -2.42. The Morgan fingerprint density at radius 1 is 1.03 bits per heavy atom. The van der Waals surface area contributed by atoms with E-state index in [1.54, 1.807) is 29.2 Å². The number of amides is 1. The van der Waals surface area contributed by atoms with Crippen molar-refractivity contribution in [1.29, 1.82) is 0 Å². The second-order valence-corrected chi connectivity index (χ2v) is 8.48. The molecule has 0 spiro atoms. The number of carbonyl (C=O) groups excluding carboxylic acids is 2. The number of morpholine rings is 1. The van der Waals surface area contributed by atoms with E-state index in [1.165, 1.54) is 0 Å². The van der Waals surface area contributed by atoms with Crippen LogP contribution in [-0.4, -0.2) is 66.0 Å². The van der Waals surface area contributed by atoms with Gasteiger partial charge >= 0.3 is 0 Å². The minimum Gasteiger partial charge on any atom is -0.507 e.